The number of ether oxygens (including phenoxy) is 3. The highest BCUT2D eigenvalue weighted by Crippen LogP contribution is 2.45. The van der Waals surface area contributed by atoms with Gasteiger partial charge in [0.1, 0.15) is 34.5 Å². The molecule has 6 heteroatoms. The summed E-state index contributed by atoms with van der Waals surface area (Å²) in [6, 6.07) is 8.83. The van der Waals surface area contributed by atoms with E-state index in [-0.39, 0.29) is 23.7 Å². The second-order valence-electron chi connectivity index (χ2n) is 7.91. The van der Waals surface area contributed by atoms with E-state index >= 15 is 0 Å². The molecule has 0 spiro atoms. The molecule has 0 saturated carbocycles. The van der Waals surface area contributed by atoms with Gasteiger partial charge in [-0.1, -0.05) is 26.0 Å². The van der Waals surface area contributed by atoms with E-state index in [1.54, 1.807) is 25.3 Å². The molecular weight excluding hydrogens is 384 g/mol. The number of hydrogen-bond donors (Lipinski definition) is 0. The van der Waals surface area contributed by atoms with E-state index in [0.29, 0.717) is 39.7 Å². The lowest BCUT2D eigenvalue weighted by molar-refractivity contribution is -0.136. The zero-order valence-electron chi connectivity index (χ0n) is 17.5. The third-order valence-corrected chi connectivity index (χ3v) is 5.43. The van der Waals surface area contributed by atoms with Crippen molar-refractivity contribution in [3.63, 3.8) is 0 Å². The Morgan fingerprint density at radius 1 is 1.10 bits per heavy atom. The maximum atomic E-state index is 13.5. The lowest BCUT2D eigenvalue weighted by Gasteiger charge is -2.27. The van der Waals surface area contributed by atoms with Crippen LogP contribution in [0.25, 0.3) is 22.1 Å². The molecule has 0 bridgehead atoms. The fourth-order valence-electron chi connectivity index (χ4n) is 4.11. The zero-order chi connectivity index (χ0) is 21.4. The first-order valence-electron chi connectivity index (χ1n) is 9.94. The second kappa shape index (κ2) is 7.86. The van der Waals surface area contributed by atoms with Crippen LogP contribution in [0.5, 0.6) is 17.2 Å². The smallest absolute Gasteiger partial charge is 0.311 e. The summed E-state index contributed by atoms with van der Waals surface area (Å²) in [4.78, 5) is 25.6. The lowest BCUT2D eigenvalue weighted by atomic mass is 9.84. The molecule has 1 aromatic heterocycles. The van der Waals surface area contributed by atoms with E-state index in [1.165, 1.54) is 13.4 Å². The van der Waals surface area contributed by atoms with E-state index in [0.717, 1.165) is 17.5 Å². The molecule has 0 N–H and O–H groups in total. The molecule has 0 aliphatic carbocycles. The first-order valence-corrected chi connectivity index (χ1v) is 9.94. The molecule has 1 atom stereocenters. The van der Waals surface area contributed by atoms with Crippen molar-refractivity contribution in [1.82, 2.24) is 0 Å². The number of hydrogen-bond acceptors (Lipinski definition) is 6. The van der Waals surface area contributed by atoms with Crippen LogP contribution in [0.2, 0.25) is 0 Å². The molecule has 0 unspecified atom stereocenters. The molecule has 1 aliphatic rings. The highest BCUT2D eigenvalue weighted by atomic mass is 16.5. The summed E-state index contributed by atoms with van der Waals surface area (Å²) in [6.45, 7) is 4.20. The predicted molar refractivity (Wildman–Crippen MR) is 113 cm³/mol. The van der Waals surface area contributed by atoms with Crippen LogP contribution in [0, 0.1) is 5.92 Å². The van der Waals surface area contributed by atoms with Crippen LogP contribution < -0.4 is 19.6 Å². The van der Waals surface area contributed by atoms with Crippen LogP contribution in [0.1, 0.15) is 38.2 Å². The van der Waals surface area contributed by atoms with Crippen molar-refractivity contribution in [2.24, 2.45) is 5.92 Å². The number of rotatable bonds is 5. The Bertz CT molecular complexity index is 1160. The summed E-state index contributed by atoms with van der Waals surface area (Å²) in [6.07, 6.45) is 2.51. The van der Waals surface area contributed by atoms with Crippen LogP contribution in [-0.4, -0.2) is 20.2 Å². The Balaban J connectivity index is 1.96. The molecule has 0 fully saturated rings. The van der Waals surface area contributed by atoms with Gasteiger partial charge in [-0.25, -0.2) is 0 Å². The van der Waals surface area contributed by atoms with Crippen LogP contribution >= 0.6 is 0 Å². The number of carbonyl (C=O) groups excluding carboxylic acids is 1. The number of benzene rings is 2. The first-order chi connectivity index (χ1) is 14.4. The topological polar surface area (TPSA) is 75.0 Å². The summed E-state index contributed by atoms with van der Waals surface area (Å²) in [7, 11) is 3.07. The quantitative estimate of drug-likeness (QED) is 0.441. The Labute approximate surface area is 174 Å². The van der Waals surface area contributed by atoms with Gasteiger partial charge in [-0.2, -0.15) is 0 Å². The molecular formula is C24H24O6. The summed E-state index contributed by atoms with van der Waals surface area (Å²) in [5.41, 5.74) is 2.14. The average molecular weight is 408 g/mol. The fourth-order valence-corrected chi connectivity index (χ4v) is 4.11. The number of esters is 1. The Morgan fingerprint density at radius 2 is 1.83 bits per heavy atom. The molecule has 30 heavy (non-hydrogen) atoms. The summed E-state index contributed by atoms with van der Waals surface area (Å²) >= 11 is 0. The van der Waals surface area contributed by atoms with Crippen molar-refractivity contribution in [3.05, 3.63) is 52.4 Å². The zero-order valence-corrected chi connectivity index (χ0v) is 17.5. The van der Waals surface area contributed by atoms with Gasteiger partial charge in [0.2, 0.25) is 5.43 Å². The van der Waals surface area contributed by atoms with Crippen molar-refractivity contribution >= 4 is 16.9 Å². The van der Waals surface area contributed by atoms with Gasteiger partial charge in [0.15, 0.2) is 0 Å². The van der Waals surface area contributed by atoms with Gasteiger partial charge in [0.25, 0.3) is 0 Å². The van der Waals surface area contributed by atoms with Gasteiger partial charge >= 0.3 is 5.97 Å². The lowest BCUT2D eigenvalue weighted by Crippen LogP contribution is -2.22. The van der Waals surface area contributed by atoms with Gasteiger partial charge in [-0.15, -0.1) is 0 Å². The van der Waals surface area contributed by atoms with Crippen LogP contribution in [0.15, 0.2) is 45.8 Å². The molecule has 2 aromatic carbocycles. The first kappa shape index (κ1) is 20.0. The number of methoxy groups -OCH3 is 2. The van der Waals surface area contributed by atoms with Gasteiger partial charge in [-0.05, 0) is 30.0 Å². The minimum atomic E-state index is -0.285. The molecule has 4 rings (SSSR count). The molecule has 0 saturated heterocycles. The minimum Gasteiger partial charge on any atom is -0.497 e. The Kier molecular flexibility index (Phi) is 5.24. The molecule has 3 aromatic rings. The number of carbonyl (C=O) groups is 1. The highest BCUT2D eigenvalue weighted by molar-refractivity contribution is 5.93. The van der Waals surface area contributed by atoms with Crippen LogP contribution in [0.3, 0.4) is 0 Å². The summed E-state index contributed by atoms with van der Waals surface area (Å²) < 4.78 is 22.2. The van der Waals surface area contributed by atoms with E-state index in [4.69, 9.17) is 18.6 Å². The second-order valence-corrected chi connectivity index (χ2v) is 7.91. The maximum absolute atomic E-state index is 13.5. The standard InChI is InChI=1S/C24H24O6/c1-13(2)9-15-10-20(25)30-19-11-18(28-4)22-23(26)17(12-29-24(22)21(15)19)14-5-7-16(27-3)8-6-14/h5-8,11-13,15H,9-10H2,1-4H3/t15-/m0/s1. The average Bonchev–Trinajstić information content (AvgIpc) is 2.72. The van der Waals surface area contributed by atoms with Gasteiger partial charge < -0.3 is 18.6 Å². The van der Waals surface area contributed by atoms with Gasteiger partial charge in [0.05, 0.1) is 26.2 Å². The molecule has 0 radical (unpaired) electrons. The molecule has 0 amide bonds. The van der Waals surface area contributed by atoms with Crippen molar-refractivity contribution < 1.29 is 23.4 Å². The largest absolute Gasteiger partial charge is 0.497 e. The normalized spacial score (nSPS) is 15.8. The van der Waals surface area contributed by atoms with Crippen LogP contribution in [0.4, 0.5) is 0 Å². The van der Waals surface area contributed by atoms with Crippen molar-refractivity contribution in [2.45, 2.75) is 32.6 Å². The highest BCUT2D eigenvalue weighted by Gasteiger charge is 2.33. The fraction of sp³-hybridized carbons (Fsp3) is 0.333. The molecule has 1 aliphatic heterocycles. The predicted octanol–water partition coefficient (Wildman–Crippen LogP) is 4.92. The monoisotopic (exact) mass is 408 g/mol. The molecule has 2 heterocycles. The van der Waals surface area contributed by atoms with Crippen LogP contribution in [-0.2, 0) is 4.79 Å². The van der Waals surface area contributed by atoms with E-state index in [9.17, 15) is 9.59 Å². The SMILES string of the molecule is COc1ccc(-c2coc3c4c(cc(OC)c3c2=O)OC(=O)C[C@@H]4CC(C)C)cc1. The van der Waals surface area contributed by atoms with Crippen molar-refractivity contribution in [2.75, 3.05) is 14.2 Å². The van der Waals surface area contributed by atoms with Gasteiger partial charge in [0, 0.05) is 17.5 Å². The van der Waals surface area contributed by atoms with Gasteiger partial charge in [-0.3, -0.25) is 9.59 Å². The summed E-state index contributed by atoms with van der Waals surface area (Å²) in [5, 5.41) is 0.358. The minimum absolute atomic E-state index is 0.0790. The van der Waals surface area contributed by atoms with Crippen molar-refractivity contribution in [3.8, 4) is 28.4 Å². The maximum Gasteiger partial charge on any atom is 0.311 e. The Hall–Kier alpha value is -3.28. The van der Waals surface area contributed by atoms with E-state index in [1.807, 2.05) is 12.1 Å². The summed E-state index contributed by atoms with van der Waals surface area (Å²) in [5.74, 6) is 1.44. The molecule has 156 valence electrons. The van der Waals surface area contributed by atoms with Crippen molar-refractivity contribution in [1.29, 1.82) is 0 Å². The number of fused-ring (bicyclic) bond motifs is 3. The third kappa shape index (κ3) is 3.43. The molecule has 6 nitrogen and oxygen atoms in total. The van der Waals surface area contributed by atoms with E-state index < -0.39 is 0 Å². The van der Waals surface area contributed by atoms with E-state index in [2.05, 4.69) is 13.8 Å². The Morgan fingerprint density at radius 3 is 2.47 bits per heavy atom. The third-order valence-electron chi connectivity index (χ3n) is 5.43.